The molecule has 0 spiro atoms. The lowest BCUT2D eigenvalue weighted by Gasteiger charge is -2.26. The maximum absolute atomic E-state index is 6.51. The van der Waals surface area contributed by atoms with Gasteiger partial charge in [0.1, 0.15) is 29.0 Å². The normalized spacial score (nSPS) is 16.9. The Morgan fingerprint density at radius 3 is 2.25 bits per heavy atom. The van der Waals surface area contributed by atoms with Crippen molar-refractivity contribution in [1.82, 2.24) is 9.88 Å². The number of furan rings is 1. The van der Waals surface area contributed by atoms with Crippen LogP contribution in [0.5, 0.6) is 0 Å². The van der Waals surface area contributed by atoms with Crippen LogP contribution < -0.4 is 5.32 Å². The smallest absolute Gasteiger partial charge is 0.147 e. The van der Waals surface area contributed by atoms with Gasteiger partial charge in [0.2, 0.25) is 0 Å². The maximum atomic E-state index is 6.51. The first-order valence-electron chi connectivity index (χ1n) is 19.5. The third-order valence-electron chi connectivity index (χ3n) is 11.6. The van der Waals surface area contributed by atoms with Crippen LogP contribution in [0.2, 0.25) is 0 Å². The number of allylic oxidation sites excluding steroid dienone is 3. The number of rotatable bonds is 5. The van der Waals surface area contributed by atoms with Crippen LogP contribution in [0.3, 0.4) is 0 Å². The molecule has 57 heavy (non-hydrogen) atoms. The Kier molecular flexibility index (Phi) is 7.22. The van der Waals surface area contributed by atoms with Crippen molar-refractivity contribution in [3.8, 4) is 16.8 Å². The lowest BCUT2D eigenvalue weighted by Crippen LogP contribution is -2.35. The van der Waals surface area contributed by atoms with E-state index in [1.807, 2.05) is 17.4 Å². The fraction of sp³-hybridized carbons (Fsp3) is 0.0588. The van der Waals surface area contributed by atoms with Crippen molar-refractivity contribution in [2.75, 3.05) is 0 Å². The number of nitrogens with one attached hydrogen (secondary N) is 1. The van der Waals surface area contributed by atoms with Crippen molar-refractivity contribution in [1.29, 1.82) is 0 Å². The standard InChI is InChI=1S/C51H34N4OS/c1-3-12-31(13-4-1)49-52-50(32-14-5-2-6-15-32)54-51(53-49)34-23-26-44-41(28-34)48-36(18-11-21-45(48)56-44)33-22-25-39-40-30-35(24-27-46(40)57-47(39)29-33)55-42-19-9-7-16-37(42)38-17-8-10-20-43(38)55/h1-14,16-30,32,49H,15H2,(H,52,53,54). The van der Waals surface area contributed by atoms with Crippen LogP contribution in [0.25, 0.3) is 80.7 Å². The Balaban J connectivity index is 0.961. The molecule has 5 nitrogen and oxygen atoms in total. The highest BCUT2D eigenvalue weighted by Gasteiger charge is 2.25. The van der Waals surface area contributed by atoms with E-state index in [-0.39, 0.29) is 12.1 Å². The number of nitrogens with zero attached hydrogens (tertiary/aromatic N) is 3. The summed E-state index contributed by atoms with van der Waals surface area (Å²) in [6, 6.07) is 54.4. The number of thiophene rings is 1. The van der Waals surface area contributed by atoms with E-state index in [1.54, 1.807) is 0 Å². The van der Waals surface area contributed by atoms with Crippen molar-refractivity contribution in [2.24, 2.45) is 15.9 Å². The highest BCUT2D eigenvalue weighted by Crippen LogP contribution is 2.42. The lowest BCUT2D eigenvalue weighted by molar-refractivity contribution is 0.658. The molecule has 6 heteroatoms. The number of para-hydroxylation sites is 2. The average Bonchev–Trinajstić information content (AvgIpc) is 3.95. The minimum absolute atomic E-state index is 0.132. The van der Waals surface area contributed by atoms with Gasteiger partial charge in [-0.3, -0.25) is 0 Å². The highest BCUT2D eigenvalue weighted by molar-refractivity contribution is 7.25. The number of hydrogen-bond donors (Lipinski definition) is 1. The van der Waals surface area contributed by atoms with Gasteiger partial charge < -0.3 is 14.3 Å². The molecule has 1 N–H and O–H groups in total. The van der Waals surface area contributed by atoms with Crippen molar-refractivity contribution < 1.29 is 4.42 Å². The molecule has 1 aliphatic carbocycles. The summed E-state index contributed by atoms with van der Waals surface area (Å²) in [6.45, 7) is 0. The molecular weight excluding hydrogens is 717 g/mol. The van der Waals surface area contributed by atoms with Crippen LogP contribution in [-0.4, -0.2) is 16.2 Å². The molecule has 0 saturated carbocycles. The molecule has 1 aliphatic heterocycles. The molecule has 2 aliphatic rings. The molecule has 0 saturated heterocycles. The minimum atomic E-state index is -0.230. The molecule has 0 amide bonds. The van der Waals surface area contributed by atoms with Gasteiger partial charge in [-0.25, -0.2) is 9.98 Å². The Morgan fingerprint density at radius 2 is 1.42 bits per heavy atom. The van der Waals surface area contributed by atoms with Gasteiger partial charge >= 0.3 is 0 Å². The summed E-state index contributed by atoms with van der Waals surface area (Å²) in [4.78, 5) is 10.3. The molecular formula is C51H34N4OS. The summed E-state index contributed by atoms with van der Waals surface area (Å²) in [7, 11) is 0. The zero-order valence-corrected chi connectivity index (χ0v) is 31.6. The summed E-state index contributed by atoms with van der Waals surface area (Å²) >= 11 is 1.85. The number of fused-ring (bicyclic) bond motifs is 9. The lowest BCUT2D eigenvalue weighted by atomic mass is 9.97. The third-order valence-corrected chi connectivity index (χ3v) is 12.7. The van der Waals surface area contributed by atoms with Gasteiger partial charge in [-0.05, 0) is 83.8 Å². The minimum Gasteiger partial charge on any atom is -0.456 e. The number of aliphatic imine (C=N–C) groups is 2. The molecule has 0 bridgehead atoms. The first kappa shape index (κ1) is 32.2. The SMILES string of the molecule is C1=CCC(C2=NC(c3ccccc3)NC(c3ccc4oc5cccc(-c6ccc7c(c6)sc6ccc(-n8c9ccccc9c9ccccc98)cc67)c5c4c3)=N2)C=C1. The van der Waals surface area contributed by atoms with E-state index < -0.39 is 0 Å². The molecule has 270 valence electrons. The van der Waals surface area contributed by atoms with Gasteiger partial charge in [-0.1, -0.05) is 115 Å². The molecule has 2 unspecified atom stereocenters. The van der Waals surface area contributed by atoms with E-state index in [1.165, 1.54) is 53.2 Å². The summed E-state index contributed by atoms with van der Waals surface area (Å²) in [5.74, 6) is 1.79. The van der Waals surface area contributed by atoms with Gasteiger partial charge in [-0.15, -0.1) is 11.3 Å². The second-order valence-electron chi connectivity index (χ2n) is 14.9. The fourth-order valence-corrected chi connectivity index (χ4v) is 9.97. The van der Waals surface area contributed by atoms with Crippen LogP contribution in [0.4, 0.5) is 0 Å². The monoisotopic (exact) mass is 750 g/mol. The van der Waals surface area contributed by atoms with E-state index in [0.29, 0.717) is 0 Å². The van der Waals surface area contributed by atoms with E-state index in [9.17, 15) is 0 Å². The van der Waals surface area contributed by atoms with Gasteiger partial charge in [0.25, 0.3) is 0 Å². The summed E-state index contributed by atoms with van der Waals surface area (Å²) < 4.78 is 11.4. The number of aromatic nitrogens is 1. The van der Waals surface area contributed by atoms with Crippen molar-refractivity contribution in [3.05, 3.63) is 187 Å². The molecule has 10 aromatic rings. The first-order chi connectivity index (χ1) is 28.2. The molecule has 3 aromatic heterocycles. The number of benzene rings is 7. The van der Waals surface area contributed by atoms with Crippen molar-refractivity contribution >= 4 is 86.9 Å². The van der Waals surface area contributed by atoms with Crippen molar-refractivity contribution in [2.45, 2.75) is 12.6 Å². The van der Waals surface area contributed by atoms with Gasteiger partial charge in [-0.2, -0.15) is 0 Å². The quantitative estimate of drug-likeness (QED) is 0.190. The second-order valence-corrected chi connectivity index (χ2v) is 16.0. The van der Waals surface area contributed by atoms with Crippen LogP contribution in [0, 0.1) is 5.92 Å². The molecule has 12 rings (SSSR count). The third kappa shape index (κ3) is 5.21. The molecule has 7 aromatic carbocycles. The Hall–Kier alpha value is -7.02. The molecule has 0 radical (unpaired) electrons. The molecule has 4 heterocycles. The van der Waals surface area contributed by atoms with Gasteiger partial charge in [0, 0.05) is 58.9 Å². The van der Waals surface area contributed by atoms with E-state index in [0.717, 1.165) is 56.7 Å². The van der Waals surface area contributed by atoms with Crippen LogP contribution in [0.1, 0.15) is 23.7 Å². The Bertz CT molecular complexity index is 3320. The Morgan fingerprint density at radius 1 is 0.614 bits per heavy atom. The first-order valence-corrected chi connectivity index (χ1v) is 20.3. The summed E-state index contributed by atoms with van der Waals surface area (Å²) in [6.07, 6.45) is 9.23. The molecule has 0 fully saturated rings. The van der Waals surface area contributed by atoms with Gasteiger partial charge in [0.05, 0.1) is 11.0 Å². The fourth-order valence-electron chi connectivity index (χ4n) is 8.85. The Labute approximate surface area is 332 Å². The van der Waals surface area contributed by atoms with Crippen LogP contribution in [-0.2, 0) is 0 Å². The largest absolute Gasteiger partial charge is 0.456 e. The summed E-state index contributed by atoms with van der Waals surface area (Å²) in [5.41, 5.74) is 9.76. The topological polar surface area (TPSA) is 54.8 Å². The van der Waals surface area contributed by atoms with Gasteiger partial charge in [0.15, 0.2) is 0 Å². The van der Waals surface area contributed by atoms with Crippen LogP contribution >= 0.6 is 11.3 Å². The van der Waals surface area contributed by atoms with E-state index >= 15 is 0 Å². The molecule has 2 atom stereocenters. The predicted molar refractivity (Wildman–Crippen MR) is 239 cm³/mol. The second kappa shape index (κ2) is 12.8. The average molecular weight is 751 g/mol. The predicted octanol–water partition coefficient (Wildman–Crippen LogP) is 13.3. The zero-order valence-electron chi connectivity index (χ0n) is 30.8. The maximum Gasteiger partial charge on any atom is 0.147 e. The van der Waals surface area contributed by atoms with Crippen LogP contribution in [0.15, 0.2) is 190 Å². The van der Waals surface area contributed by atoms with E-state index in [2.05, 4.69) is 180 Å². The highest BCUT2D eigenvalue weighted by atomic mass is 32.1. The number of amidine groups is 2. The number of hydrogen-bond acceptors (Lipinski definition) is 5. The van der Waals surface area contributed by atoms with Crippen molar-refractivity contribution in [3.63, 3.8) is 0 Å². The van der Waals surface area contributed by atoms with E-state index in [4.69, 9.17) is 14.4 Å². The zero-order chi connectivity index (χ0) is 37.5. The summed E-state index contributed by atoms with van der Waals surface area (Å²) in [5, 5.41) is 10.9.